The van der Waals surface area contributed by atoms with Crippen molar-refractivity contribution in [3.8, 4) is 0 Å². The van der Waals surface area contributed by atoms with Gasteiger partial charge in [-0.05, 0) is 13.8 Å². The summed E-state index contributed by atoms with van der Waals surface area (Å²) in [5, 5.41) is 12.3. The van der Waals surface area contributed by atoms with Crippen LogP contribution in [0.4, 0.5) is 0 Å². The summed E-state index contributed by atoms with van der Waals surface area (Å²) >= 11 is 0. The number of hydrogen-bond donors (Lipinski definition) is 1. The maximum absolute atomic E-state index is 10.5. The second kappa shape index (κ2) is 4.29. The van der Waals surface area contributed by atoms with Crippen molar-refractivity contribution >= 4 is 24.8 Å². The van der Waals surface area contributed by atoms with Crippen molar-refractivity contribution in [3.63, 3.8) is 0 Å². The molecular formula is C6H10LiN3O2. The molecule has 0 aliphatic heterocycles. The van der Waals surface area contributed by atoms with E-state index in [-0.39, 0.29) is 30.7 Å². The molecule has 1 aromatic heterocycles. The second-order valence-corrected chi connectivity index (χ2v) is 2.43. The van der Waals surface area contributed by atoms with Gasteiger partial charge in [-0.25, -0.2) is 14.5 Å². The van der Waals surface area contributed by atoms with Crippen LogP contribution < -0.4 is 0 Å². The Morgan fingerprint density at radius 2 is 2.25 bits per heavy atom. The molecule has 0 aliphatic rings. The molecule has 0 aromatic carbocycles. The van der Waals surface area contributed by atoms with Gasteiger partial charge in [-0.1, -0.05) is 0 Å². The van der Waals surface area contributed by atoms with E-state index in [4.69, 9.17) is 5.11 Å². The van der Waals surface area contributed by atoms with Crippen molar-refractivity contribution in [2.45, 2.75) is 19.9 Å². The third-order valence-corrected chi connectivity index (χ3v) is 1.25. The molecule has 0 atom stereocenters. The van der Waals surface area contributed by atoms with Crippen LogP contribution in [-0.2, 0) is 0 Å². The zero-order chi connectivity index (χ0) is 8.43. The Balaban J connectivity index is 0.00000121. The van der Waals surface area contributed by atoms with Gasteiger partial charge in [-0.2, -0.15) is 5.10 Å². The molecule has 1 rings (SSSR count). The van der Waals surface area contributed by atoms with Gasteiger partial charge < -0.3 is 5.11 Å². The van der Waals surface area contributed by atoms with E-state index in [2.05, 4.69) is 10.1 Å². The van der Waals surface area contributed by atoms with Crippen molar-refractivity contribution in [1.82, 2.24) is 14.8 Å². The molecule has 0 saturated carbocycles. The Hall–Kier alpha value is -0.793. The third kappa shape index (κ3) is 2.09. The van der Waals surface area contributed by atoms with Crippen molar-refractivity contribution < 1.29 is 9.90 Å². The Bertz CT molecular complexity index is 272. The van der Waals surface area contributed by atoms with Gasteiger partial charge in [0.1, 0.15) is 6.33 Å². The van der Waals surface area contributed by atoms with Crippen LogP contribution in [-0.4, -0.2) is 44.7 Å². The minimum absolute atomic E-state index is 0. The van der Waals surface area contributed by atoms with Gasteiger partial charge in [0.15, 0.2) is 0 Å². The third-order valence-electron chi connectivity index (χ3n) is 1.25. The van der Waals surface area contributed by atoms with E-state index >= 15 is 0 Å². The van der Waals surface area contributed by atoms with Crippen LogP contribution >= 0.6 is 0 Å². The number of aromatic carboxylic acids is 1. The average Bonchev–Trinajstić information content (AvgIpc) is 2.32. The molecule has 0 fully saturated rings. The van der Waals surface area contributed by atoms with Gasteiger partial charge in [-0.3, -0.25) is 0 Å². The molecule has 0 unspecified atom stereocenters. The zero-order valence-electron chi connectivity index (χ0n) is 6.35. The van der Waals surface area contributed by atoms with Gasteiger partial charge in [0.25, 0.3) is 0 Å². The summed E-state index contributed by atoms with van der Waals surface area (Å²) in [6.45, 7) is 3.70. The number of nitrogens with zero attached hydrogens (tertiary/aromatic N) is 3. The fourth-order valence-corrected chi connectivity index (χ4v) is 0.781. The van der Waals surface area contributed by atoms with Crippen LogP contribution in [0.5, 0.6) is 0 Å². The molecule has 0 spiro atoms. The first-order valence-electron chi connectivity index (χ1n) is 3.25. The van der Waals surface area contributed by atoms with E-state index in [0.717, 1.165) is 0 Å². The molecule has 0 aliphatic carbocycles. The zero-order valence-corrected chi connectivity index (χ0v) is 6.35. The molecule has 0 bridgehead atoms. The molecule has 12 heavy (non-hydrogen) atoms. The maximum atomic E-state index is 10.5. The van der Waals surface area contributed by atoms with E-state index in [1.807, 2.05) is 13.8 Å². The van der Waals surface area contributed by atoms with Crippen LogP contribution in [0, 0.1) is 0 Å². The number of carboxylic acids is 1. The summed E-state index contributed by atoms with van der Waals surface area (Å²) in [7, 11) is 0. The quantitative estimate of drug-likeness (QED) is 0.618. The van der Waals surface area contributed by atoms with Crippen LogP contribution in [0.3, 0.4) is 0 Å². The Morgan fingerprint density at radius 3 is 2.58 bits per heavy atom. The van der Waals surface area contributed by atoms with Gasteiger partial charge in [0, 0.05) is 6.04 Å². The van der Waals surface area contributed by atoms with E-state index in [9.17, 15) is 4.79 Å². The molecule has 0 amide bonds. The molecule has 0 saturated heterocycles. The van der Waals surface area contributed by atoms with E-state index in [0.29, 0.717) is 0 Å². The van der Waals surface area contributed by atoms with Crippen molar-refractivity contribution in [3.05, 3.63) is 12.2 Å². The molecule has 62 valence electrons. The molecule has 0 radical (unpaired) electrons. The molecule has 6 heteroatoms. The SMILES string of the molecule is CC(C)n1ncnc1C(=O)O.[LiH]. The van der Waals surface area contributed by atoms with E-state index in [1.54, 1.807) is 0 Å². The predicted molar refractivity (Wildman–Crippen MR) is 44.5 cm³/mol. The Morgan fingerprint density at radius 1 is 1.67 bits per heavy atom. The number of aromatic nitrogens is 3. The molecule has 1 N–H and O–H groups in total. The van der Waals surface area contributed by atoms with Crippen molar-refractivity contribution in [2.75, 3.05) is 0 Å². The number of carbonyl (C=O) groups is 1. The number of carboxylic acid groups (broad SMARTS) is 1. The summed E-state index contributed by atoms with van der Waals surface area (Å²) in [5.74, 6) is -1.06. The molecular weight excluding hydrogens is 153 g/mol. The Kier molecular flexibility index (Phi) is 4.00. The monoisotopic (exact) mass is 163 g/mol. The fraction of sp³-hybridized carbons (Fsp3) is 0.500. The van der Waals surface area contributed by atoms with Gasteiger partial charge in [-0.15, -0.1) is 0 Å². The van der Waals surface area contributed by atoms with Crippen molar-refractivity contribution in [1.29, 1.82) is 0 Å². The number of rotatable bonds is 2. The second-order valence-electron chi connectivity index (χ2n) is 2.43. The van der Waals surface area contributed by atoms with Crippen molar-refractivity contribution in [2.24, 2.45) is 0 Å². The van der Waals surface area contributed by atoms with E-state index in [1.165, 1.54) is 11.0 Å². The summed E-state index contributed by atoms with van der Waals surface area (Å²) in [6.07, 6.45) is 1.24. The standard InChI is InChI=1S/C6H9N3O2.Li.H/c1-4(2)9-5(6(10)11)7-3-8-9;;/h3-4H,1-2H3,(H,10,11);;. The van der Waals surface area contributed by atoms with Crippen LogP contribution in [0.25, 0.3) is 0 Å². The Labute approximate surface area is 82.0 Å². The van der Waals surface area contributed by atoms with Crippen LogP contribution in [0.2, 0.25) is 0 Å². The molecule has 5 nitrogen and oxygen atoms in total. The van der Waals surface area contributed by atoms with Gasteiger partial charge >= 0.3 is 24.8 Å². The normalized spacial score (nSPS) is 9.58. The molecule has 1 heterocycles. The fourth-order valence-electron chi connectivity index (χ4n) is 0.781. The van der Waals surface area contributed by atoms with Crippen LogP contribution in [0.1, 0.15) is 30.5 Å². The van der Waals surface area contributed by atoms with Crippen LogP contribution in [0.15, 0.2) is 6.33 Å². The summed E-state index contributed by atoms with van der Waals surface area (Å²) in [5.41, 5.74) is 0. The first kappa shape index (κ1) is 11.2. The summed E-state index contributed by atoms with van der Waals surface area (Å²) in [4.78, 5) is 14.1. The minimum atomic E-state index is -1.05. The van der Waals surface area contributed by atoms with Gasteiger partial charge in [0.2, 0.25) is 5.82 Å². The number of hydrogen-bond acceptors (Lipinski definition) is 3. The summed E-state index contributed by atoms with van der Waals surface area (Å²) < 4.78 is 1.36. The summed E-state index contributed by atoms with van der Waals surface area (Å²) in [6, 6.07) is 0.0311. The molecule has 1 aromatic rings. The predicted octanol–water partition coefficient (Wildman–Crippen LogP) is -0.0913. The van der Waals surface area contributed by atoms with Gasteiger partial charge in [0.05, 0.1) is 0 Å². The topological polar surface area (TPSA) is 68.0 Å². The van der Waals surface area contributed by atoms with E-state index < -0.39 is 5.97 Å². The first-order chi connectivity index (χ1) is 5.13. The first-order valence-corrected chi connectivity index (χ1v) is 3.25. The average molecular weight is 163 g/mol.